The van der Waals surface area contributed by atoms with Crippen LogP contribution in [0.1, 0.15) is 15.9 Å². The van der Waals surface area contributed by atoms with Gasteiger partial charge in [0.2, 0.25) is 0 Å². The van der Waals surface area contributed by atoms with Crippen LogP contribution in [0, 0.1) is 11.6 Å². The van der Waals surface area contributed by atoms with Gasteiger partial charge < -0.3 is 18.9 Å². The van der Waals surface area contributed by atoms with Crippen LogP contribution in [0.3, 0.4) is 0 Å². The summed E-state index contributed by atoms with van der Waals surface area (Å²) in [6.45, 7) is -0.146. The van der Waals surface area contributed by atoms with Gasteiger partial charge in [0, 0.05) is 19.8 Å². The highest BCUT2D eigenvalue weighted by Crippen LogP contribution is 2.30. The predicted molar refractivity (Wildman–Crippen MR) is 91.2 cm³/mol. The number of rotatable bonds is 9. The van der Waals surface area contributed by atoms with E-state index in [9.17, 15) is 13.6 Å². The molecule has 0 aliphatic rings. The number of ketones is 1. The first-order valence-electron chi connectivity index (χ1n) is 7.61. The van der Waals surface area contributed by atoms with E-state index in [0.29, 0.717) is 0 Å². The van der Waals surface area contributed by atoms with Crippen molar-refractivity contribution in [1.29, 1.82) is 0 Å². The zero-order valence-corrected chi connectivity index (χ0v) is 14.3. The second-order valence-electron chi connectivity index (χ2n) is 5.07. The average molecular weight is 364 g/mol. The van der Waals surface area contributed by atoms with Crippen LogP contribution < -0.4 is 9.47 Å². The number of carbonyl (C=O) groups is 1. The summed E-state index contributed by atoms with van der Waals surface area (Å²) in [5.41, 5.74) is 0.0719. The molecule has 0 aromatic heterocycles. The molecule has 0 N–H and O–H groups in total. The summed E-state index contributed by atoms with van der Waals surface area (Å²) in [6.07, 6.45) is 2.31. The fraction of sp³-hybridized carbons (Fsp3) is 0.211. The van der Waals surface area contributed by atoms with Crippen LogP contribution in [0.5, 0.6) is 11.5 Å². The lowest BCUT2D eigenvalue weighted by atomic mass is 10.1. The summed E-state index contributed by atoms with van der Waals surface area (Å²) in [6, 6.07) is 8.50. The van der Waals surface area contributed by atoms with E-state index in [2.05, 4.69) is 0 Å². The molecule has 0 unspecified atom stereocenters. The number of methoxy groups -OCH3 is 2. The third-order valence-corrected chi connectivity index (χ3v) is 3.29. The lowest BCUT2D eigenvalue weighted by molar-refractivity contribution is 0.0447. The van der Waals surface area contributed by atoms with E-state index in [0.717, 1.165) is 12.1 Å². The van der Waals surface area contributed by atoms with Gasteiger partial charge in [-0.1, -0.05) is 18.2 Å². The molecular formula is C19H18F2O5. The lowest BCUT2D eigenvalue weighted by Gasteiger charge is -2.13. The molecule has 0 atom stereocenters. The molecule has 0 heterocycles. The van der Waals surface area contributed by atoms with Crippen molar-refractivity contribution in [2.75, 3.05) is 27.8 Å². The first-order valence-corrected chi connectivity index (χ1v) is 7.61. The molecule has 7 heteroatoms. The van der Waals surface area contributed by atoms with E-state index in [-0.39, 0.29) is 36.2 Å². The molecule has 0 aliphatic carbocycles. The van der Waals surface area contributed by atoms with Crippen molar-refractivity contribution in [3.63, 3.8) is 0 Å². The van der Waals surface area contributed by atoms with Crippen LogP contribution in [0.15, 0.2) is 42.5 Å². The number of carbonyl (C=O) groups excluding carboxylic acids is 1. The fourth-order valence-electron chi connectivity index (χ4n) is 2.14. The van der Waals surface area contributed by atoms with Gasteiger partial charge in [-0.15, -0.1) is 0 Å². The number of halogens is 2. The Morgan fingerprint density at radius 3 is 2.12 bits per heavy atom. The van der Waals surface area contributed by atoms with Crippen LogP contribution in [-0.4, -0.2) is 33.6 Å². The molecule has 2 rings (SSSR count). The van der Waals surface area contributed by atoms with Crippen LogP contribution in [0.2, 0.25) is 0 Å². The Morgan fingerprint density at radius 1 is 0.962 bits per heavy atom. The van der Waals surface area contributed by atoms with Crippen molar-refractivity contribution in [2.45, 2.75) is 0 Å². The molecule has 138 valence electrons. The van der Waals surface area contributed by atoms with Gasteiger partial charge in [-0.05, 0) is 30.4 Å². The van der Waals surface area contributed by atoms with Crippen LogP contribution >= 0.6 is 0 Å². The molecule has 2 aromatic carbocycles. The number of benzene rings is 2. The normalized spacial score (nSPS) is 10.9. The predicted octanol–water partition coefficient (Wildman–Crippen LogP) is 3.83. The standard InChI is InChI=1S/C19H18F2O5/c1-23-11-25-16-7-4-8-17(26-12-24-2)18(16)15(22)10-9-13-5-3-6-14(20)19(13)21/h3-10H,11-12H2,1-2H3/b10-9+. The SMILES string of the molecule is COCOc1cccc(OCOC)c1C(=O)/C=C/c1cccc(F)c1F. The maximum atomic E-state index is 13.7. The van der Waals surface area contributed by atoms with Crippen molar-refractivity contribution in [3.8, 4) is 11.5 Å². The fourth-order valence-corrected chi connectivity index (χ4v) is 2.14. The Labute approximate surface area is 149 Å². The Bertz CT molecular complexity index is 763. The zero-order valence-electron chi connectivity index (χ0n) is 14.3. The minimum absolute atomic E-state index is 0.0481. The summed E-state index contributed by atoms with van der Waals surface area (Å²) in [4.78, 5) is 12.6. The second-order valence-corrected chi connectivity index (χ2v) is 5.07. The Kier molecular flexibility index (Phi) is 7.25. The van der Waals surface area contributed by atoms with E-state index in [4.69, 9.17) is 18.9 Å². The van der Waals surface area contributed by atoms with Gasteiger partial charge in [-0.2, -0.15) is 0 Å². The maximum absolute atomic E-state index is 13.7. The third-order valence-electron chi connectivity index (χ3n) is 3.29. The van der Waals surface area contributed by atoms with E-state index in [1.54, 1.807) is 18.2 Å². The van der Waals surface area contributed by atoms with E-state index >= 15 is 0 Å². The Morgan fingerprint density at radius 2 is 1.54 bits per heavy atom. The largest absolute Gasteiger partial charge is 0.467 e. The molecule has 2 aromatic rings. The highest BCUT2D eigenvalue weighted by Gasteiger charge is 2.17. The highest BCUT2D eigenvalue weighted by molar-refractivity contribution is 6.10. The molecule has 0 spiro atoms. The topological polar surface area (TPSA) is 54.0 Å². The van der Waals surface area contributed by atoms with Crippen molar-refractivity contribution in [2.24, 2.45) is 0 Å². The summed E-state index contributed by atoms with van der Waals surface area (Å²) in [5.74, 6) is -2.07. The van der Waals surface area contributed by atoms with Crippen LogP contribution in [0.25, 0.3) is 6.08 Å². The average Bonchev–Trinajstić information content (AvgIpc) is 2.65. The Balaban J connectivity index is 2.35. The molecule has 5 nitrogen and oxygen atoms in total. The summed E-state index contributed by atoms with van der Waals surface area (Å²) < 4.78 is 47.5. The van der Waals surface area contributed by atoms with Gasteiger partial charge in [0.15, 0.2) is 31.0 Å². The van der Waals surface area contributed by atoms with Crippen LogP contribution in [-0.2, 0) is 9.47 Å². The van der Waals surface area contributed by atoms with Gasteiger partial charge in [-0.3, -0.25) is 4.79 Å². The molecule has 0 amide bonds. The van der Waals surface area contributed by atoms with Gasteiger partial charge >= 0.3 is 0 Å². The van der Waals surface area contributed by atoms with Gasteiger partial charge in [0.05, 0.1) is 0 Å². The molecule has 0 radical (unpaired) electrons. The van der Waals surface area contributed by atoms with Crippen LogP contribution in [0.4, 0.5) is 8.78 Å². The van der Waals surface area contributed by atoms with E-state index in [1.807, 2.05) is 0 Å². The monoisotopic (exact) mass is 364 g/mol. The molecule has 0 saturated heterocycles. The molecular weight excluding hydrogens is 346 g/mol. The van der Waals surface area contributed by atoms with Crippen molar-refractivity contribution in [3.05, 3.63) is 65.2 Å². The Hall–Kier alpha value is -2.77. The number of allylic oxidation sites excluding steroid dienone is 1. The van der Waals surface area contributed by atoms with E-state index < -0.39 is 17.4 Å². The molecule has 0 aliphatic heterocycles. The quantitative estimate of drug-likeness (QED) is 0.385. The molecule has 0 fully saturated rings. The molecule has 0 bridgehead atoms. The minimum atomic E-state index is -1.03. The third kappa shape index (κ3) is 4.87. The number of hydrogen-bond acceptors (Lipinski definition) is 5. The summed E-state index contributed by atoms with van der Waals surface area (Å²) in [7, 11) is 2.89. The lowest BCUT2D eigenvalue weighted by Crippen LogP contribution is -2.09. The van der Waals surface area contributed by atoms with Gasteiger partial charge in [0.1, 0.15) is 17.1 Å². The van der Waals surface area contributed by atoms with Crippen molar-refractivity contribution < 1.29 is 32.5 Å². The van der Waals surface area contributed by atoms with E-state index in [1.165, 1.54) is 32.4 Å². The highest BCUT2D eigenvalue weighted by atomic mass is 19.2. The molecule has 0 saturated carbocycles. The summed E-state index contributed by atoms with van der Waals surface area (Å²) >= 11 is 0. The first kappa shape index (κ1) is 19.6. The summed E-state index contributed by atoms with van der Waals surface area (Å²) in [5, 5.41) is 0. The maximum Gasteiger partial charge on any atom is 0.193 e. The van der Waals surface area contributed by atoms with Gasteiger partial charge in [0.25, 0.3) is 0 Å². The smallest absolute Gasteiger partial charge is 0.193 e. The van der Waals surface area contributed by atoms with Crippen molar-refractivity contribution >= 4 is 11.9 Å². The van der Waals surface area contributed by atoms with Crippen molar-refractivity contribution in [1.82, 2.24) is 0 Å². The minimum Gasteiger partial charge on any atom is -0.467 e. The number of hydrogen-bond donors (Lipinski definition) is 0. The second kappa shape index (κ2) is 9.65. The first-order chi connectivity index (χ1) is 12.6. The van der Waals surface area contributed by atoms with Gasteiger partial charge in [-0.25, -0.2) is 8.78 Å². The number of ether oxygens (including phenoxy) is 4. The zero-order chi connectivity index (χ0) is 18.9. The molecule has 26 heavy (non-hydrogen) atoms.